The molecule has 0 radical (unpaired) electrons. The molecule has 0 aromatic carbocycles. The van der Waals surface area contributed by atoms with E-state index in [0.717, 1.165) is 13.0 Å². The number of hydrogen-bond donors (Lipinski definition) is 1. The zero-order chi connectivity index (χ0) is 11.8. The molecule has 0 aliphatic rings. The molecular formula is C11H24N2O2. The summed E-state index contributed by atoms with van der Waals surface area (Å²) in [5.74, 6) is -0.147. The molecule has 0 saturated heterocycles. The summed E-state index contributed by atoms with van der Waals surface area (Å²) in [5, 5.41) is 3.22. The predicted molar refractivity (Wildman–Crippen MR) is 61.9 cm³/mol. The van der Waals surface area contributed by atoms with Gasteiger partial charge in [-0.1, -0.05) is 6.92 Å². The van der Waals surface area contributed by atoms with Gasteiger partial charge >= 0.3 is 5.97 Å². The second kappa shape index (κ2) is 7.65. The average Bonchev–Trinajstić information content (AvgIpc) is 2.18. The molecule has 0 rings (SSSR count). The Morgan fingerprint density at radius 1 is 1.40 bits per heavy atom. The number of esters is 1. The fraction of sp³-hybridized carbons (Fsp3) is 0.909. The second-order valence-corrected chi connectivity index (χ2v) is 3.93. The number of ether oxygens (including phenoxy) is 1. The van der Waals surface area contributed by atoms with Gasteiger partial charge in [0.1, 0.15) is 6.04 Å². The smallest absolute Gasteiger partial charge is 0.323 e. The van der Waals surface area contributed by atoms with Gasteiger partial charge in [0.05, 0.1) is 6.61 Å². The molecule has 1 N–H and O–H groups in total. The molecule has 2 unspecified atom stereocenters. The molecule has 0 fully saturated rings. The maximum absolute atomic E-state index is 11.5. The first-order valence-electron chi connectivity index (χ1n) is 5.59. The van der Waals surface area contributed by atoms with Crippen LogP contribution in [-0.4, -0.2) is 50.2 Å². The van der Waals surface area contributed by atoms with Crippen LogP contribution in [0.1, 0.15) is 27.2 Å². The van der Waals surface area contributed by atoms with Gasteiger partial charge in [-0.15, -0.1) is 0 Å². The van der Waals surface area contributed by atoms with E-state index in [0.29, 0.717) is 12.6 Å². The molecule has 0 amide bonds. The van der Waals surface area contributed by atoms with E-state index in [9.17, 15) is 4.79 Å². The quantitative estimate of drug-likeness (QED) is 0.641. The number of nitrogens with zero attached hydrogens (tertiary/aromatic N) is 1. The number of rotatable bonds is 7. The maximum atomic E-state index is 11.5. The molecule has 0 aliphatic heterocycles. The van der Waals surface area contributed by atoms with Crippen molar-refractivity contribution in [2.45, 2.75) is 39.3 Å². The lowest BCUT2D eigenvalue weighted by Crippen LogP contribution is -2.44. The molecule has 15 heavy (non-hydrogen) atoms. The highest BCUT2D eigenvalue weighted by molar-refractivity contribution is 5.75. The van der Waals surface area contributed by atoms with Crippen LogP contribution in [0.2, 0.25) is 0 Å². The van der Waals surface area contributed by atoms with Crippen LogP contribution in [-0.2, 0) is 9.53 Å². The Hall–Kier alpha value is -0.610. The van der Waals surface area contributed by atoms with Crippen LogP contribution in [0.3, 0.4) is 0 Å². The molecule has 0 spiro atoms. The minimum Gasteiger partial charge on any atom is -0.465 e. The molecule has 0 saturated carbocycles. The highest BCUT2D eigenvalue weighted by Gasteiger charge is 2.17. The van der Waals surface area contributed by atoms with Gasteiger partial charge in [-0.25, -0.2) is 0 Å². The summed E-state index contributed by atoms with van der Waals surface area (Å²) in [6.07, 6.45) is 0.763. The van der Waals surface area contributed by atoms with Gasteiger partial charge in [-0.2, -0.15) is 0 Å². The minimum atomic E-state index is -0.174. The van der Waals surface area contributed by atoms with E-state index in [1.54, 1.807) is 0 Å². The van der Waals surface area contributed by atoms with Crippen molar-refractivity contribution < 1.29 is 9.53 Å². The molecule has 4 nitrogen and oxygen atoms in total. The highest BCUT2D eigenvalue weighted by atomic mass is 16.5. The lowest BCUT2D eigenvalue weighted by molar-refractivity contribution is -0.145. The Morgan fingerprint density at radius 2 is 2.00 bits per heavy atom. The Morgan fingerprint density at radius 3 is 2.40 bits per heavy atom. The summed E-state index contributed by atoms with van der Waals surface area (Å²) < 4.78 is 4.97. The van der Waals surface area contributed by atoms with E-state index >= 15 is 0 Å². The zero-order valence-corrected chi connectivity index (χ0v) is 10.5. The van der Waals surface area contributed by atoms with Crippen molar-refractivity contribution in [3.63, 3.8) is 0 Å². The van der Waals surface area contributed by atoms with Gasteiger partial charge in [0, 0.05) is 12.6 Å². The van der Waals surface area contributed by atoms with E-state index in [2.05, 4.69) is 17.1 Å². The third-order valence-electron chi connectivity index (χ3n) is 2.52. The standard InChI is InChI=1S/C11H24N2O2/c1-6-10(11(14)15-7-2)12-8-9(3)13(4)5/h9-10,12H,6-8H2,1-5H3. The molecule has 90 valence electrons. The summed E-state index contributed by atoms with van der Waals surface area (Å²) in [4.78, 5) is 13.6. The predicted octanol–water partition coefficient (Wildman–Crippen LogP) is 0.868. The van der Waals surface area contributed by atoms with E-state index in [1.165, 1.54) is 0 Å². The van der Waals surface area contributed by atoms with Crippen molar-refractivity contribution in [1.29, 1.82) is 0 Å². The number of hydrogen-bond acceptors (Lipinski definition) is 4. The molecule has 0 aromatic heterocycles. The highest BCUT2D eigenvalue weighted by Crippen LogP contribution is 1.97. The van der Waals surface area contributed by atoms with Crippen LogP contribution in [0.25, 0.3) is 0 Å². The molecule has 2 atom stereocenters. The summed E-state index contributed by atoms with van der Waals surface area (Å²) >= 11 is 0. The van der Waals surface area contributed by atoms with E-state index in [-0.39, 0.29) is 12.0 Å². The van der Waals surface area contributed by atoms with Gasteiger partial charge in [0.2, 0.25) is 0 Å². The fourth-order valence-corrected chi connectivity index (χ4v) is 1.13. The van der Waals surface area contributed by atoms with Crippen LogP contribution in [0, 0.1) is 0 Å². The van der Waals surface area contributed by atoms with Crippen molar-refractivity contribution in [3.8, 4) is 0 Å². The Labute approximate surface area is 93.0 Å². The average molecular weight is 216 g/mol. The van der Waals surface area contributed by atoms with E-state index < -0.39 is 0 Å². The third kappa shape index (κ3) is 5.74. The first kappa shape index (κ1) is 14.4. The van der Waals surface area contributed by atoms with Gasteiger partial charge < -0.3 is 15.0 Å². The van der Waals surface area contributed by atoms with Crippen LogP contribution in [0.4, 0.5) is 0 Å². The topological polar surface area (TPSA) is 41.6 Å². The molecule has 4 heteroatoms. The summed E-state index contributed by atoms with van der Waals surface area (Å²) in [5.41, 5.74) is 0. The van der Waals surface area contributed by atoms with Crippen molar-refractivity contribution >= 4 is 5.97 Å². The van der Waals surface area contributed by atoms with Crippen molar-refractivity contribution in [2.24, 2.45) is 0 Å². The fourth-order valence-electron chi connectivity index (χ4n) is 1.13. The minimum absolute atomic E-state index is 0.147. The number of nitrogens with one attached hydrogen (secondary N) is 1. The Balaban J connectivity index is 3.94. The Bertz CT molecular complexity index is 183. The molecule has 0 bridgehead atoms. The normalized spacial score (nSPS) is 15.1. The molecular weight excluding hydrogens is 192 g/mol. The Kier molecular flexibility index (Phi) is 7.34. The van der Waals surface area contributed by atoms with Crippen LogP contribution in [0.15, 0.2) is 0 Å². The first-order valence-corrected chi connectivity index (χ1v) is 5.59. The van der Waals surface area contributed by atoms with E-state index in [1.807, 2.05) is 27.9 Å². The lowest BCUT2D eigenvalue weighted by Gasteiger charge is -2.23. The summed E-state index contributed by atoms with van der Waals surface area (Å²) in [6.45, 7) is 7.16. The van der Waals surface area contributed by atoms with Crippen LogP contribution < -0.4 is 5.32 Å². The molecule has 0 heterocycles. The number of carbonyl (C=O) groups excluding carboxylic acids is 1. The lowest BCUT2D eigenvalue weighted by atomic mass is 10.2. The second-order valence-electron chi connectivity index (χ2n) is 3.93. The maximum Gasteiger partial charge on any atom is 0.323 e. The van der Waals surface area contributed by atoms with Gasteiger partial charge in [-0.05, 0) is 34.4 Å². The van der Waals surface area contributed by atoms with E-state index in [4.69, 9.17) is 4.74 Å². The SMILES string of the molecule is CCOC(=O)C(CC)NCC(C)N(C)C. The summed E-state index contributed by atoms with van der Waals surface area (Å²) in [7, 11) is 4.05. The van der Waals surface area contributed by atoms with Gasteiger partial charge in [0.25, 0.3) is 0 Å². The largest absolute Gasteiger partial charge is 0.465 e. The third-order valence-corrected chi connectivity index (χ3v) is 2.52. The van der Waals surface area contributed by atoms with Crippen molar-refractivity contribution in [1.82, 2.24) is 10.2 Å². The van der Waals surface area contributed by atoms with Gasteiger partial charge in [0.15, 0.2) is 0 Å². The van der Waals surface area contributed by atoms with Gasteiger partial charge in [-0.3, -0.25) is 4.79 Å². The monoisotopic (exact) mass is 216 g/mol. The zero-order valence-electron chi connectivity index (χ0n) is 10.5. The summed E-state index contributed by atoms with van der Waals surface area (Å²) in [6, 6.07) is 0.237. The molecule has 0 aromatic rings. The van der Waals surface area contributed by atoms with Crippen LogP contribution >= 0.6 is 0 Å². The number of carbonyl (C=O) groups is 1. The van der Waals surface area contributed by atoms with Crippen LogP contribution in [0.5, 0.6) is 0 Å². The van der Waals surface area contributed by atoms with Crippen molar-refractivity contribution in [2.75, 3.05) is 27.2 Å². The number of likely N-dealkylation sites (N-methyl/N-ethyl adjacent to an activating group) is 1. The van der Waals surface area contributed by atoms with Crippen molar-refractivity contribution in [3.05, 3.63) is 0 Å². The molecule has 0 aliphatic carbocycles. The first-order chi connectivity index (χ1) is 7.02.